The zero-order chi connectivity index (χ0) is 20.2. The van der Waals surface area contributed by atoms with Crippen LogP contribution in [-0.4, -0.2) is 57.1 Å². The molecule has 2 aromatic rings. The van der Waals surface area contributed by atoms with E-state index in [2.05, 4.69) is 5.32 Å². The van der Waals surface area contributed by atoms with E-state index < -0.39 is 34.1 Å². The number of carbonyl (C=O) groups is 3. The average molecular weight is 400 g/mol. The molecule has 2 N–H and O–H groups in total. The topological polar surface area (TPSA) is 95.9 Å². The number of β-lactam (4-membered cyclic amide) rings is 1. The highest BCUT2D eigenvalue weighted by atomic mass is 32.2. The third-order valence-electron chi connectivity index (χ3n) is 5.30. The van der Waals surface area contributed by atoms with Gasteiger partial charge in [0.15, 0.2) is 0 Å². The first-order chi connectivity index (χ1) is 13.3. The second kappa shape index (κ2) is 6.41. The molecule has 2 aliphatic heterocycles. The highest BCUT2D eigenvalue weighted by molar-refractivity contribution is 8.01. The third-order valence-corrected chi connectivity index (χ3v) is 6.87. The van der Waals surface area contributed by atoms with Crippen LogP contribution in [0, 0.1) is 0 Å². The Morgan fingerprint density at radius 3 is 2.61 bits per heavy atom. The average Bonchev–Trinajstić information content (AvgIpc) is 2.93. The van der Waals surface area contributed by atoms with E-state index in [-0.39, 0.29) is 5.91 Å². The number of benzene rings is 2. The number of nitrogens with one attached hydrogen (secondary N) is 1. The zero-order valence-corrected chi connectivity index (χ0v) is 16.4. The van der Waals surface area contributed by atoms with Gasteiger partial charge in [0, 0.05) is 4.75 Å². The summed E-state index contributed by atoms with van der Waals surface area (Å²) >= 11 is 1.39. The van der Waals surface area contributed by atoms with Crippen molar-refractivity contribution in [2.24, 2.45) is 0 Å². The molecule has 8 heteroatoms. The normalized spacial score (nSPS) is 25.2. The molecule has 0 saturated carbocycles. The Morgan fingerprint density at radius 2 is 1.93 bits per heavy atom. The van der Waals surface area contributed by atoms with Crippen LogP contribution in [-0.2, 0) is 9.59 Å². The van der Waals surface area contributed by atoms with E-state index in [1.807, 2.05) is 30.3 Å². The zero-order valence-electron chi connectivity index (χ0n) is 15.6. The van der Waals surface area contributed by atoms with Crippen molar-refractivity contribution >= 4 is 40.3 Å². The van der Waals surface area contributed by atoms with Gasteiger partial charge in [0.25, 0.3) is 5.91 Å². The lowest BCUT2D eigenvalue weighted by molar-refractivity contribution is -0.159. The molecule has 2 heterocycles. The van der Waals surface area contributed by atoms with E-state index in [1.165, 1.54) is 23.8 Å². The van der Waals surface area contributed by atoms with E-state index in [9.17, 15) is 19.5 Å². The Bertz CT molecular complexity index is 1010. The molecular weight excluding hydrogens is 380 g/mol. The summed E-state index contributed by atoms with van der Waals surface area (Å²) in [4.78, 5) is 38.7. The quantitative estimate of drug-likeness (QED) is 0.763. The van der Waals surface area contributed by atoms with Gasteiger partial charge in [-0.25, -0.2) is 4.79 Å². The minimum atomic E-state index is -1.03. The number of aliphatic carboxylic acids is 1. The first kappa shape index (κ1) is 18.6. The van der Waals surface area contributed by atoms with E-state index in [0.717, 1.165) is 10.8 Å². The van der Waals surface area contributed by atoms with Crippen molar-refractivity contribution in [1.29, 1.82) is 0 Å². The summed E-state index contributed by atoms with van der Waals surface area (Å²) in [6, 6.07) is 9.37. The maximum atomic E-state index is 13.1. The molecule has 0 spiro atoms. The first-order valence-electron chi connectivity index (χ1n) is 8.85. The summed E-state index contributed by atoms with van der Waals surface area (Å²) in [7, 11) is 1.49. The molecule has 7 nitrogen and oxygen atoms in total. The standard InChI is InChI=1S/C20H20N2O5S/c1-20(2)15(19(25)26)22-17(24)14(18(22)28-20)21-16(23)13-11-7-5-4-6-10(11)8-9-12(13)27-3/h4-9,14-15,18H,1-3H3,(H,21,23)(H,25,26)/t14-,15?,18-/m1/s1. The minimum absolute atomic E-state index is 0.365. The van der Waals surface area contributed by atoms with Gasteiger partial charge in [-0.15, -0.1) is 11.8 Å². The summed E-state index contributed by atoms with van der Waals surface area (Å²) in [5.74, 6) is -1.40. The summed E-state index contributed by atoms with van der Waals surface area (Å²) < 4.78 is 4.73. The van der Waals surface area contributed by atoms with Gasteiger partial charge in [-0.2, -0.15) is 0 Å². The molecule has 2 fully saturated rings. The second-order valence-electron chi connectivity index (χ2n) is 7.41. The number of fused-ring (bicyclic) bond motifs is 2. The predicted octanol–water partition coefficient (Wildman–Crippen LogP) is 2.09. The largest absolute Gasteiger partial charge is 0.496 e. The number of methoxy groups -OCH3 is 1. The number of carbonyl (C=O) groups excluding carboxylic acids is 2. The molecule has 4 rings (SSSR count). The monoisotopic (exact) mass is 400 g/mol. The van der Waals surface area contributed by atoms with Gasteiger partial charge in [-0.1, -0.05) is 30.3 Å². The molecule has 28 heavy (non-hydrogen) atoms. The van der Waals surface area contributed by atoms with Crippen LogP contribution in [0.25, 0.3) is 10.8 Å². The van der Waals surface area contributed by atoms with Crippen molar-refractivity contribution in [3.05, 3.63) is 42.0 Å². The van der Waals surface area contributed by atoms with Crippen LogP contribution in [0.2, 0.25) is 0 Å². The fourth-order valence-corrected chi connectivity index (χ4v) is 5.64. The van der Waals surface area contributed by atoms with Crippen LogP contribution in [0.5, 0.6) is 5.75 Å². The molecule has 0 aromatic heterocycles. The maximum Gasteiger partial charge on any atom is 0.327 e. The van der Waals surface area contributed by atoms with Crippen molar-refractivity contribution in [3.8, 4) is 5.75 Å². The van der Waals surface area contributed by atoms with Crippen LogP contribution < -0.4 is 10.1 Å². The van der Waals surface area contributed by atoms with Crippen molar-refractivity contribution < 1.29 is 24.2 Å². The Kier molecular flexibility index (Phi) is 4.26. The Hall–Kier alpha value is -2.74. The van der Waals surface area contributed by atoms with Crippen LogP contribution in [0.15, 0.2) is 36.4 Å². The number of amides is 2. The molecule has 2 amide bonds. The molecule has 2 aromatic carbocycles. The first-order valence-corrected chi connectivity index (χ1v) is 9.73. The molecule has 0 aliphatic carbocycles. The summed E-state index contributed by atoms with van der Waals surface area (Å²) in [5.41, 5.74) is 0.365. The van der Waals surface area contributed by atoms with Gasteiger partial charge in [0.2, 0.25) is 5.91 Å². The van der Waals surface area contributed by atoms with E-state index in [1.54, 1.807) is 19.9 Å². The van der Waals surface area contributed by atoms with Gasteiger partial charge >= 0.3 is 5.97 Å². The Morgan fingerprint density at radius 1 is 1.21 bits per heavy atom. The van der Waals surface area contributed by atoms with Gasteiger partial charge < -0.3 is 20.1 Å². The third kappa shape index (κ3) is 2.63. The second-order valence-corrected chi connectivity index (χ2v) is 9.18. The smallest absolute Gasteiger partial charge is 0.327 e. The Balaban J connectivity index is 1.64. The van der Waals surface area contributed by atoms with Gasteiger partial charge in [-0.3, -0.25) is 9.59 Å². The Labute approximate surface area is 166 Å². The number of ether oxygens (including phenoxy) is 1. The molecular formula is C20H20N2O5S. The number of rotatable bonds is 4. The molecule has 0 bridgehead atoms. The van der Waals surface area contributed by atoms with Crippen molar-refractivity contribution in [2.75, 3.05) is 7.11 Å². The van der Waals surface area contributed by atoms with Crippen molar-refractivity contribution in [3.63, 3.8) is 0 Å². The number of carboxylic acid groups (broad SMARTS) is 1. The highest BCUT2D eigenvalue weighted by Gasteiger charge is 2.64. The number of nitrogens with zero attached hydrogens (tertiary/aromatic N) is 1. The fourth-order valence-electron chi connectivity index (χ4n) is 4.01. The molecule has 0 radical (unpaired) electrons. The SMILES string of the molecule is COc1ccc2ccccc2c1C(=O)N[C@@H]1C(=O)N2C(C(=O)O)C(C)(C)S[C@H]12. The summed E-state index contributed by atoms with van der Waals surface area (Å²) in [5, 5.41) is 13.5. The van der Waals surface area contributed by atoms with Crippen molar-refractivity contribution in [2.45, 2.75) is 36.1 Å². The number of thioether (sulfide) groups is 1. The fraction of sp³-hybridized carbons (Fsp3) is 0.350. The number of hydrogen-bond donors (Lipinski definition) is 2. The molecule has 146 valence electrons. The van der Waals surface area contributed by atoms with Crippen LogP contribution in [0.4, 0.5) is 0 Å². The highest BCUT2D eigenvalue weighted by Crippen LogP contribution is 2.50. The van der Waals surface area contributed by atoms with Crippen LogP contribution in [0.1, 0.15) is 24.2 Å². The lowest BCUT2D eigenvalue weighted by atomic mass is 9.95. The molecule has 2 saturated heterocycles. The van der Waals surface area contributed by atoms with Crippen LogP contribution in [0.3, 0.4) is 0 Å². The van der Waals surface area contributed by atoms with Gasteiger partial charge in [0.05, 0.1) is 12.7 Å². The lowest BCUT2D eigenvalue weighted by Crippen LogP contribution is -2.70. The molecule has 1 unspecified atom stereocenters. The van der Waals surface area contributed by atoms with Crippen molar-refractivity contribution in [1.82, 2.24) is 10.2 Å². The molecule has 2 aliphatic rings. The van der Waals surface area contributed by atoms with Gasteiger partial charge in [-0.05, 0) is 30.7 Å². The maximum absolute atomic E-state index is 13.1. The van der Waals surface area contributed by atoms with Gasteiger partial charge in [0.1, 0.15) is 23.2 Å². The van der Waals surface area contributed by atoms with Crippen LogP contribution >= 0.6 is 11.8 Å². The molecule has 3 atom stereocenters. The summed E-state index contributed by atoms with van der Waals surface area (Å²) in [6.45, 7) is 3.60. The summed E-state index contributed by atoms with van der Waals surface area (Å²) in [6.07, 6.45) is 0. The number of hydrogen-bond acceptors (Lipinski definition) is 5. The van der Waals surface area contributed by atoms with E-state index in [4.69, 9.17) is 4.74 Å². The number of carboxylic acids is 1. The minimum Gasteiger partial charge on any atom is -0.496 e. The predicted molar refractivity (Wildman–Crippen MR) is 105 cm³/mol. The van der Waals surface area contributed by atoms with E-state index >= 15 is 0 Å². The van der Waals surface area contributed by atoms with E-state index in [0.29, 0.717) is 11.3 Å². The lowest BCUT2D eigenvalue weighted by Gasteiger charge is -2.43.